The van der Waals surface area contributed by atoms with Crippen LogP contribution in [0.15, 0.2) is 18.2 Å². The van der Waals surface area contributed by atoms with E-state index in [-0.39, 0.29) is 16.3 Å². The van der Waals surface area contributed by atoms with E-state index in [1.165, 1.54) is 12.1 Å². The molecule has 0 radical (unpaired) electrons. The lowest BCUT2D eigenvalue weighted by Gasteiger charge is -2.08. The summed E-state index contributed by atoms with van der Waals surface area (Å²) >= 11 is 5.86. The number of amides is 1. The van der Waals surface area contributed by atoms with Crippen LogP contribution in [0.5, 0.6) is 0 Å². The lowest BCUT2D eigenvalue weighted by molar-refractivity contribution is -0.384. The highest BCUT2D eigenvalue weighted by Crippen LogP contribution is 2.21. The molecule has 1 aromatic rings. The fraction of sp³-hybridized carbons (Fsp3) is 0.462. The van der Waals surface area contributed by atoms with Gasteiger partial charge in [0.1, 0.15) is 0 Å². The third-order valence-electron chi connectivity index (χ3n) is 2.39. The van der Waals surface area contributed by atoms with Crippen LogP contribution in [0.4, 0.5) is 5.69 Å². The molecule has 0 saturated carbocycles. The highest BCUT2D eigenvalue weighted by atomic mass is 35.5. The largest absolute Gasteiger partial charge is 0.379 e. The molecule has 0 bridgehead atoms. The molecule has 7 heteroatoms. The van der Waals surface area contributed by atoms with Crippen molar-refractivity contribution in [2.24, 2.45) is 5.92 Å². The maximum Gasteiger partial charge on any atom is 0.270 e. The molecule has 0 atom stereocenters. The van der Waals surface area contributed by atoms with Gasteiger partial charge in [0.05, 0.1) is 22.1 Å². The molecule has 0 spiro atoms. The highest BCUT2D eigenvalue weighted by molar-refractivity contribution is 6.33. The third kappa shape index (κ3) is 5.14. The van der Waals surface area contributed by atoms with E-state index in [1.54, 1.807) is 0 Å². The molecule has 0 saturated heterocycles. The number of carbonyl (C=O) groups excluding carboxylic acids is 1. The number of nitrogens with one attached hydrogen (secondary N) is 1. The second kappa shape index (κ2) is 7.81. The second-order valence-corrected chi connectivity index (χ2v) is 5.05. The molecule has 0 fully saturated rings. The minimum absolute atomic E-state index is 0.0877. The number of hydrogen-bond donors (Lipinski definition) is 1. The van der Waals surface area contributed by atoms with Crippen molar-refractivity contribution >= 4 is 23.2 Å². The molecule has 0 aromatic heterocycles. The van der Waals surface area contributed by atoms with Crippen molar-refractivity contribution < 1.29 is 14.5 Å². The summed E-state index contributed by atoms with van der Waals surface area (Å²) in [4.78, 5) is 22.0. The first-order valence-corrected chi connectivity index (χ1v) is 6.59. The Kier molecular flexibility index (Phi) is 6.41. The van der Waals surface area contributed by atoms with Gasteiger partial charge >= 0.3 is 0 Å². The van der Waals surface area contributed by atoms with Gasteiger partial charge < -0.3 is 10.1 Å². The van der Waals surface area contributed by atoms with Crippen molar-refractivity contribution in [3.63, 3.8) is 0 Å². The number of hydrogen-bond acceptors (Lipinski definition) is 4. The van der Waals surface area contributed by atoms with Crippen LogP contribution in [0.3, 0.4) is 0 Å². The molecule has 0 unspecified atom stereocenters. The van der Waals surface area contributed by atoms with E-state index in [0.29, 0.717) is 25.7 Å². The summed E-state index contributed by atoms with van der Waals surface area (Å²) in [5, 5.41) is 13.4. The van der Waals surface area contributed by atoms with E-state index >= 15 is 0 Å². The van der Waals surface area contributed by atoms with Gasteiger partial charge in [0.25, 0.3) is 11.6 Å². The molecular weight excluding hydrogens is 284 g/mol. The second-order valence-electron chi connectivity index (χ2n) is 4.65. The van der Waals surface area contributed by atoms with Crippen molar-refractivity contribution in [2.75, 3.05) is 19.8 Å². The first-order valence-electron chi connectivity index (χ1n) is 6.21. The monoisotopic (exact) mass is 300 g/mol. The van der Waals surface area contributed by atoms with Crippen LogP contribution < -0.4 is 5.32 Å². The summed E-state index contributed by atoms with van der Waals surface area (Å²) in [6, 6.07) is 3.75. The van der Waals surface area contributed by atoms with Gasteiger partial charge in [-0.2, -0.15) is 0 Å². The van der Waals surface area contributed by atoms with E-state index in [4.69, 9.17) is 16.3 Å². The summed E-state index contributed by atoms with van der Waals surface area (Å²) in [5.74, 6) is -0.0243. The Hall–Kier alpha value is -1.66. The topological polar surface area (TPSA) is 81.5 Å². The minimum atomic E-state index is -0.571. The number of nitro benzene ring substituents is 1. The summed E-state index contributed by atoms with van der Waals surface area (Å²) < 4.78 is 5.32. The molecular formula is C13H17ClN2O4. The highest BCUT2D eigenvalue weighted by Gasteiger charge is 2.15. The van der Waals surface area contributed by atoms with Crippen molar-refractivity contribution in [3.8, 4) is 0 Å². The molecule has 0 aliphatic rings. The molecule has 110 valence electrons. The lowest BCUT2D eigenvalue weighted by Crippen LogP contribution is -2.28. The van der Waals surface area contributed by atoms with Gasteiger partial charge in [-0.15, -0.1) is 0 Å². The first-order chi connectivity index (χ1) is 9.41. The van der Waals surface area contributed by atoms with Crippen molar-refractivity contribution in [1.82, 2.24) is 5.32 Å². The number of ether oxygens (including phenoxy) is 1. The van der Waals surface area contributed by atoms with Crippen LogP contribution in [0.25, 0.3) is 0 Å². The van der Waals surface area contributed by atoms with E-state index in [9.17, 15) is 14.9 Å². The van der Waals surface area contributed by atoms with Gasteiger partial charge in [-0.1, -0.05) is 25.4 Å². The van der Waals surface area contributed by atoms with E-state index in [1.807, 2.05) is 13.8 Å². The molecule has 20 heavy (non-hydrogen) atoms. The van der Waals surface area contributed by atoms with Gasteiger partial charge in [0.2, 0.25) is 0 Å². The maximum absolute atomic E-state index is 11.9. The Balaban J connectivity index is 2.55. The Bertz CT molecular complexity index is 491. The fourth-order valence-corrected chi connectivity index (χ4v) is 1.66. The molecule has 0 heterocycles. The molecule has 1 aromatic carbocycles. The summed E-state index contributed by atoms with van der Waals surface area (Å²) in [5.41, 5.74) is -0.0830. The molecule has 1 amide bonds. The molecule has 0 aliphatic carbocycles. The number of rotatable bonds is 7. The van der Waals surface area contributed by atoms with Crippen molar-refractivity contribution in [3.05, 3.63) is 38.9 Å². The molecule has 1 N–H and O–H groups in total. The zero-order valence-corrected chi connectivity index (χ0v) is 12.1. The van der Waals surface area contributed by atoms with Crippen molar-refractivity contribution in [2.45, 2.75) is 13.8 Å². The van der Waals surface area contributed by atoms with E-state index < -0.39 is 10.8 Å². The number of benzene rings is 1. The Morgan fingerprint density at radius 2 is 2.20 bits per heavy atom. The van der Waals surface area contributed by atoms with Gasteiger partial charge in [0.15, 0.2) is 0 Å². The summed E-state index contributed by atoms with van der Waals surface area (Å²) in [6.07, 6.45) is 0. The fourth-order valence-electron chi connectivity index (χ4n) is 1.45. The predicted molar refractivity (Wildman–Crippen MR) is 76.1 cm³/mol. The van der Waals surface area contributed by atoms with Crippen molar-refractivity contribution in [1.29, 1.82) is 0 Å². The Labute approximate surface area is 122 Å². The first kappa shape index (κ1) is 16.4. The normalized spacial score (nSPS) is 10.6. The van der Waals surface area contributed by atoms with Gasteiger partial charge in [-0.25, -0.2) is 0 Å². The zero-order chi connectivity index (χ0) is 15.1. The summed E-state index contributed by atoms with van der Waals surface area (Å²) in [6.45, 7) is 5.39. The number of halogens is 1. The van der Waals surface area contributed by atoms with Crippen LogP contribution in [0.1, 0.15) is 24.2 Å². The van der Waals surface area contributed by atoms with Crippen LogP contribution in [0, 0.1) is 16.0 Å². The lowest BCUT2D eigenvalue weighted by atomic mass is 10.2. The van der Waals surface area contributed by atoms with Crippen LogP contribution >= 0.6 is 11.6 Å². The standard InChI is InChI=1S/C13H17ClN2O4/c1-9(2)8-20-6-5-15-13(17)11-7-10(16(18)19)3-4-12(11)14/h3-4,7,9H,5-6,8H2,1-2H3,(H,15,17). The number of carbonyl (C=O) groups is 1. The number of nitrogens with zero attached hydrogens (tertiary/aromatic N) is 1. The number of non-ortho nitro benzene ring substituents is 1. The Morgan fingerprint density at radius 1 is 1.50 bits per heavy atom. The average Bonchev–Trinajstić information content (AvgIpc) is 2.37. The SMILES string of the molecule is CC(C)COCCNC(=O)c1cc([N+](=O)[O-])ccc1Cl. The van der Waals surface area contributed by atoms with Gasteiger partial charge in [0, 0.05) is 25.3 Å². The average molecular weight is 301 g/mol. The van der Waals surface area contributed by atoms with Gasteiger partial charge in [-0.05, 0) is 12.0 Å². The zero-order valence-electron chi connectivity index (χ0n) is 11.4. The minimum Gasteiger partial charge on any atom is -0.379 e. The summed E-state index contributed by atoms with van der Waals surface area (Å²) in [7, 11) is 0. The Morgan fingerprint density at radius 3 is 2.80 bits per heavy atom. The van der Waals surface area contributed by atoms with E-state index in [0.717, 1.165) is 6.07 Å². The number of nitro groups is 1. The van der Waals surface area contributed by atoms with Crippen LogP contribution in [0.2, 0.25) is 5.02 Å². The molecule has 6 nitrogen and oxygen atoms in total. The maximum atomic E-state index is 11.9. The van der Waals surface area contributed by atoms with Crippen LogP contribution in [-0.2, 0) is 4.74 Å². The predicted octanol–water partition coefficient (Wildman–Crippen LogP) is 2.65. The molecule has 1 rings (SSSR count). The van der Waals surface area contributed by atoms with Crippen LogP contribution in [-0.4, -0.2) is 30.6 Å². The third-order valence-corrected chi connectivity index (χ3v) is 2.72. The smallest absolute Gasteiger partial charge is 0.270 e. The van der Waals surface area contributed by atoms with Gasteiger partial charge in [-0.3, -0.25) is 14.9 Å². The van der Waals surface area contributed by atoms with E-state index in [2.05, 4.69) is 5.32 Å². The molecule has 0 aliphatic heterocycles. The quantitative estimate of drug-likeness (QED) is 0.477.